The molecule has 0 aliphatic rings. The molecule has 1 aromatic carbocycles. The molecule has 0 heterocycles. The van der Waals surface area contributed by atoms with Crippen LogP contribution in [0, 0.1) is 0 Å². The standard InChI is InChI=1S/C10H12O2/c1-10(12,8-11)7-9-5-3-2-4-6-9/h2-6,8,12H,7H2,1H3/t10-/m0/s1. The molecule has 0 fully saturated rings. The Kier molecular flexibility index (Phi) is 2.61. The minimum absolute atomic E-state index is 0.372. The third kappa shape index (κ3) is 2.47. The first-order valence-electron chi connectivity index (χ1n) is 3.87. The van der Waals surface area contributed by atoms with Crippen molar-refractivity contribution >= 4 is 6.29 Å². The Balaban J connectivity index is 2.70. The van der Waals surface area contributed by atoms with Gasteiger partial charge in [0.1, 0.15) is 5.60 Å². The van der Waals surface area contributed by atoms with Crippen molar-refractivity contribution in [3.63, 3.8) is 0 Å². The summed E-state index contributed by atoms with van der Waals surface area (Å²) in [6.45, 7) is 1.51. The van der Waals surface area contributed by atoms with Gasteiger partial charge in [0.15, 0.2) is 6.29 Å². The Bertz CT molecular complexity index is 252. The molecule has 12 heavy (non-hydrogen) atoms. The zero-order valence-electron chi connectivity index (χ0n) is 7.03. The van der Waals surface area contributed by atoms with Crippen LogP contribution in [0.25, 0.3) is 0 Å². The fourth-order valence-corrected chi connectivity index (χ4v) is 1.05. The van der Waals surface area contributed by atoms with Crippen LogP contribution < -0.4 is 0 Å². The second-order valence-corrected chi connectivity index (χ2v) is 3.14. The van der Waals surface area contributed by atoms with E-state index in [4.69, 9.17) is 0 Å². The third-order valence-corrected chi connectivity index (χ3v) is 1.66. The van der Waals surface area contributed by atoms with Crippen LogP contribution in [0.4, 0.5) is 0 Å². The largest absolute Gasteiger partial charge is 0.382 e. The summed E-state index contributed by atoms with van der Waals surface area (Å²) in [6, 6.07) is 9.45. The average molecular weight is 164 g/mol. The van der Waals surface area contributed by atoms with Gasteiger partial charge in [-0.05, 0) is 12.5 Å². The van der Waals surface area contributed by atoms with E-state index in [1.54, 1.807) is 0 Å². The first kappa shape index (κ1) is 8.94. The molecule has 2 heteroatoms. The molecule has 2 nitrogen and oxygen atoms in total. The van der Waals surface area contributed by atoms with E-state index in [2.05, 4.69) is 0 Å². The zero-order valence-corrected chi connectivity index (χ0v) is 7.03. The number of rotatable bonds is 3. The second-order valence-electron chi connectivity index (χ2n) is 3.14. The highest BCUT2D eigenvalue weighted by atomic mass is 16.3. The molecule has 0 radical (unpaired) electrons. The van der Waals surface area contributed by atoms with Crippen LogP contribution in [-0.4, -0.2) is 17.0 Å². The van der Waals surface area contributed by atoms with Crippen molar-refractivity contribution in [2.75, 3.05) is 0 Å². The van der Waals surface area contributed by atoms with E-state index in [0.717, 1.165) is 5.56 Å². The minimum Gasteiger partial charge on any atom is -0.382 e. The summed E-state index contributed by atoms with van der Waals surface area (Å²) in [5, 5.41) is 9.41. The molecule has 0 aliphatic heterocycles. The van der Waals surface area contributed by atoms with Gasteiger partial charge in [-0.2, -0.15) is 0 Å². The predicted molar refractivity (Wildman–Crippen MR) is 46.8 cm³/mol. The van der Waals surface area contributed by atoms with Crippen LogP contribution in [0.15, 0.2) is 30.3 Å². The third-order valence-electron chi connectivity index (χ3n) is 1.66. The molecule has 64 valence electrons. The van der Waals surface area contributed by atoms with Gasteiger partial charge < -0.3 is 9.90 Å². The van der Waals surface area contributed by atoms with Gasteiger partial charge in [-0.15, -0.1) is 0 Å². The smallest absolute Gasteiger partial charge is 0.151 e. The fraction of sp³-hybridized carbons (Fsp3) is 0.300. The van der Waals surface area contributed by atoms with E-state index in [0.29, 0.717) is 12.7 Å². The lowest BCUT2D eigenvalue weighted by Crippen LogP contribution is -2.28. The monoisotopic (exact) mass is 164 g/mol. The lowest BCUT2D eigenvalue weighted by molar-refractivity contribution is -0.122. The molecule has 0 unspecified atom stereocenters. The predicted octanol–water partition coefficient (Wildman–Crippen LogP) is 1.18. The number of hydrogen-bond donors (Lipinski definition) is 1. The van der Waals surface area contributed by atoms with E-state index in [-0.39, 0.29) is 0 Å². The summed E-state index contributed by atoms with van der Waals surface area (Å²) in [6.07, 6.45) is 0.942. The second kappa shape index (κ2) is 3.50. The Morgan fingerprint density at radius 1 is 1.42 bits per heavy atom. The van der Waals surface area contributed by atoms with Crippen LogP contribution in [0.2, 0.25) is 0 Å². The lowest BCUT2D eigenvalue weighted by atomic mass is 9.98. The molecule has 0 bridgehead atoms. The maximum atomic E-state index is 10.4. The Labute approximate surface area is 71.8 Å². The van der Waals surface area contributed by atoms with Crippen LogP contribution in [0.5, 0.6) is 0 Å². The van der Waals surface area contributed by atoms with Crippen molar-refractivity contribution in [3.05, 3.63) is 35.9 Å². The molecule has 0 saturated carbocycles. The van der Waals surface area contributed by atoms with E-state index in [9.17, 15) is 9.90 Å². The van der Waals surface area contributed by atoms with Crippen molar-refractivity contribution in [1.29, 1.82) is 0 Å². The topological polar surface area (TPSA) is 37.3 Å². The van der Waals surface area contributed by atoms with Crippen molar-refractivity contribution in [2.24, 2.45) is 0 Å². The highest BCUT2D eigenvalue weighted by molar-refractivity contribution is 5.61. The van der Waals surface area contributed by atoms with E-state index in [1.165, 1.54) is 6.92 Å². The van der Waals surface area contributed by atoms with Gasteiger partial charge in [0.2, 0.25) is 0 Å². The first-order valence-corrected chi connectivity index (χ1v) is 3.87. The molecular weight excluding hydrogens is 152 g/mol. The molecule has 1 rings (SSSR count). The molecule has 0 aromatic heterocycles. The number of carbonyl (C=O) groups is 1. The van der Waals surface area contributed by atoms with Crippen LogP contribution in [0.3, 0.4) is 0 Å². The van der Waals surface area contributed by atoms with Gasteiger partial charge in [-0.3, -0.25) is 0 Å². The van der Waals surface area contributed by atoms with E-state index < -0.39 is 5.60 Å². The molecule has 0 saturated heterocycles. The maximum Gasteiger partial charge on any atom is 0.151 e. The van der Waals surface area contributed by atoms with Crippen molar-refractivity contribution in [3.8, 4) is 0 Å². The number of aliphatic hydroxyl groups is 1. The summed E-state index contributed by atoms with van der Waals surface area (Å²) in [5.41, 5.74) is -0.268. The van der Waals surface area contributed by atoms with Crippen LogP contribution in [-0.2, 0) is 11.2 Å². The number of aldehydes is 1. The minimum atomic E-state index is -1.23. The number of carbonyl (C=O) groups excluding carboxylic acids is 1. The molecule has 0 spiro atoms. The highest BCUT2D eigenvalue weighted by Gasteiger charge is 2.18. The molecule has 1 aromatic rings. The summed E-state index contributed by atoms with van der Waals surface area (Å²) < 4.78 is 0. The van der Waals surface area contributed by atoms with Crippen molar-refractivity contribution < 1.29 is 9.90 Å². The first-order chi connectivity index (χ1) is 5.64. The molecule has 0 aliphatic carbocycles. The molecule has 0 amide bonds. The SMILES string of the molecule is C[C@@](O)(C=O)Cc1ccccc1. The maximum absolute atomic E-state index is 10.4. The Morgan fingerprint density at radius 2 is 2.00 bits per heavy atom. The van der Waals surface area contributed by atoms with Gasteiger partial charge in [-0.1, -0.05) is 30.3 Å². The molecular formula is C10H12O2. The highest BCUT2D eigenvalue weighted by Crippen LogP contribution is 2.09. The van der Waals surface area contributed by atoms with E-state index in [1.807, 2.05) is 30.3 Å². The van der Waals surface area contributed by atoms with Crippen molar-refractivity contribution in [1.82, 2.24) is 0 Å². The van der Waals surface area contributed by atoms with Crippen LogP contribution >= 0.6 is 0 Å². The van der Waals surface area contributed by atoms with Gasteiger partial charge in [0.25, 0.3) is 0 Å². The Hall–Kier alpha value is -1.15. The number of benzene rings is 1. The quantitative estimate of drug-likeness (QED) is 0.681. The van der Waals surface area contributed by atoms with Crippen LogP contribution in [0.1, 0.15) is 12.5 Å². The summed E-state index contributed by atoms with van der Waals surface area (Å²) in [7, 11) is 0. The Morgan fingerprint density at radius 3 is 2.50 bits per heavy atom. The van der Waals surface area contributed by atoms with Gasteiger partial charge in [-0.25, -0.2) is 0 Å². The molecule has 1 N–H and O–H groups in total. The van der Waals surface area contributed by atoms with Crippen molar-refractivity contribution in [2.45, 2.75) is 18.9 Å². The fourth-order valence-electron chi connectivity index (χ4n) is 1.05. The average Bonchev–Trinajstić information content (AvgIpc) is 2.06. The summed E-state index contributed by atoms with van der Waals surface area (Å²) in [4.78, 5) is 10.4. The number of hydrogen-bond acceptors (Lipinski definition) is 2. The van der Waals surface area contributed by atoms with Gasteiger partial charge >= 0.3 is 0 Å². The lowest BCUT2D eigenvalue weighted by Gasteiger charge is -2.14. The summed E-state index contributed by atoms with van der Waals surface area (Å²) in [5.74, 6) is 0. The summed E-state index contributed by atoms with van der Waals surface area (Å²) >= 11 is 0. The van der Waals surface area contributed by atoms with Gasteiger partial charge in [0, 0.05) is 6.42 Å². The van der Waals surface area contributed by atoms with E-state index >= 15 is 0 Å². The zero-order chi connectivity index (χ0) is 9.03. The molecule has 1 atom stereocenters. The normalized spacial score (nSPS) is 15.2. The van der Waals surface area contributed by atoms with Gasteiger partial charge in [0.05, 0.1) is 0 Å².